The normalized spacial score (nSPS) is 10.8. The number of amides is 1. The Morgan fingerprint density at radius 2 is 1.88 bits per heavy atom. The predicted molar refractivity (Wildman–Crippen MR) is 99.9 cm³/mol. The van der Waals surface area contributed by atoms with Gasteiger partial charge in [0.2, 0.25) is 5.91 Å². The summed E-state index contributed by atoms with van der Waals surface area (Å²) in [7, 11) is 0. The van der Waals surface area contributed by atoms with Gasteiger partial charge in [-0.3, -0.25) is 4.79 Å². The second kappa shape index (κ2) is 9.31. The lowest BCUT2D eigenvalue weighted by molar-refractivity contribution is -0.132. The Hall–Kier alpha value is -2.03. The van der Waals surface area contributed by atoms with Crippen LogP contribution in [-0.2, 0) is 17.9 Å². The summed E-state index contributed by atoms with van der Waals surface area (Å²) < 4.78 is 2.26. The van der Waals surface area contributed by atoms with Crippen molar-refractivity contribution in [2.24, 2.45) is 0 Å². The van der Waals surface area contributed by atoms with E-state index in [-0.39, 0.29) is 5.91 Å². The van der Waals surface area contributed by atoms with Gasteiger partial charge in [0, 0.05) is 31.4 Å². The van der Waals surface area contributed by atoms with E-state index in [0.29, 0.717) is 13.0 Å². The molecule has 0 N–H and O–H groups in total. The van der Waals surface area contributed by atoms with Gasteiger partial charge in [-0.25, -0.2) is 0 Å². The van der Waals surface area contributed by atoms with Crippen LogP contribution in [0.2, 0.25) is 0 Å². The highest BCUT2D eigenvalue weighted by atomic mass is 16.2. The van der Waals surface area contributed by atoms with Crippen LogP contribution in [0.25, 0.3) is 0 Å². The third-order valence-electron chi connectivity index (χ3n) is 4.48. The van der Waals surface area contributed by atoms with Crippen LogP contribution in [0.5, 0.6) is 0 Å². The summed E-state index contributed by atoms with van der Waals surface area (Å²) in [5.41, 5.74) is 3.84. The molecule has 1 heterocycles. The van der Waals surface area contributed by atoms with Crippen molar-refractivity contribution in [2.75, 3.05) is 6.54 Å². The molecule has 2 rings (SSSR count). The fourth-order valence-corrected chi connectivity index (χ4v) is 2.93. The van der Waals surface area contributed by atoms with Crippen LogP contribution in [0.15, 0.2) is 42.6 Å². The van der Waals surface area contributed by atoms with Crippen LogP contribution >= 0.6 is 0 Å². The van der Waals surface area contributed by atoms with Crippen LogP contribution in [0.1, 0.15) is 56.4 Å². The van der Waals surface area contributed by atoms with Crippen molar-refractivity contribution in [2.45, 2.75) is 59.5 Å². The van der Waals surface area contributed by atoms with Crippen LogP contribution < -0.4 is 0 Å². The number of hydrogen-bond acceptors (Lipinski definition) is 1. The third kappa shape index (κ3) is 4.98. The number of hydrogen-bond donors (Lipinski definition) is 0. The Balaban J connectivity index is 2.12. The molecule has 0 saturated carbocycles. The Morgan fingerprint density at radius 1 is 1.08 bits per heavy atom. The SMILES string of the molecule is CCCCN(Cc1cccn1Cc1ccccc1C)C(=O)CCC. The van der Waals surface area contributed by atoms with Gasteiger partial charge in [0.05, 0.1) is 6.54 Å². The summed E-state index contributed by atoms with van der Waals surface area (Å²) in [5.74, 6) is 0.273. The quantitative estimate of drug-likeness (QED) is 0.651. The van der Waals surface area contributed by atoms with Gasteiger partial charge in [-0.15, -0.1) is 0 Å². The highest BCUT2D eigenvalue weighted by Crippen LogP contribution is 2.14. The van der Waals surface area contributed by atoms with Crippen molar-refractivity contribution in [3.8, 4) is 0 Å². The molecule has 0 unspecified atom stereocenters. The molecule has 1 amide bonds. The van der Waals surface area contributed by atoms with Gasteiger partial charge >= 0.3 is 0 Å². The molecular formula is C21H30N2O. The van der Waals surface area contributed by atoms with Gasteiger partial charge < -0.3 is 9.47 Å². The molecule has 0 saturated heterocycles. The van der Waals surface area contributed by atoms with E-state index >= 15 is 0 Å². The van der Waals surface area contributed by atoms with Gasteiger partial charge in [0.15, 0.2) is 0 Å². The Morgan fingerprint density at radius 3 is 2.58 bits per heavy atom. The highest BCUT2D eigenvalue weighted by Gasteiger charge is 2.14. The smallest absolute Gasteiger partial charge is 0.222 e. The molecule has 3 heteroatoms. The summed E-state index contributed by atoms with van der Waals surface area (Å²) in [6.45, 7) is 8.80. The predicted octanol–water partition coefficient (Wildman–Crippen LogP) is 4.77. The second-order valence-corrected chi connectivity index (χ2v) is 6.47. The number of aromatic nitrogens is 1. The summed E-state index contributed by atoms with van der Waals surface area (Å²) in [5, 5.41) is 0. The molecule has 0 bridgehead atoms. The molecule has 0 radical (unpaired) electrons. The topological polar surface area (TPSA) is 25.2 Å². The van der Waals surface area contributed by atoms with E-state index in [2.05, 4.69) is 67.9 Å². The number of aryl methyl sites for hydroxylation is 1. The molecule has 0 spiro atoms. The maximum atomic E-state index is 12.4. The standard InChI is InChI=1S/C21H30N2O/c1-4-6-14-23(21(24)10-5-2)17-20-13-9-15-22(20)16-19-12-8-7-11-18(19)3/h7-9,11-13,15H,4-6,10,14,16-17H2,1-3H3. The molecule has 0 aliphatic carbocycles. The number of carbonyl (C=O) groups is 1. The molecule has 0 fully saturated rings. The van der Waals surface area contributed by atoms with Crippen molar-refractivity contribution >= 4 is 5.91 Å². The highest BCUT2D eigenvalue weighted by molar-refractivity contribution is 5.76. The van der Waals surface area contributed by atoms with Crippen molar-refractivity contribution in [3.63, 3.8) is 0 Å². The molecule has 24 heavy (non-hydrogen) atoms. The average Bonchev–Trinajstić information content (AvgIpc) is 3.00. The van der Waals surface area contributed by atoms with E-state index in [9.17, 15) is 4.79 Å². The van der Waals surface area contributed by atoms with Crippen molar-refractivity contribution in [3.05, 3.63) is 59.4 Å². The minimum Gasteiger partial charge on any atom is -0.345 e. The minimum absolute atomic E-state index is 0.273. The monoisotopic (exact) mass is 326 g/mol. The zero-order valence-electron chi connectivity index (χ0n) is 15.3. The molecule has 1 aromatic heterocycles. The van der Waals surface area contributed by atoms with Gasteiger partial charge in [-0.05, 0) is 43.0 Å². The van der Waals surface area contributed by atoms with E-state index in [4.69, 9.17) is 0 Å². The number of carbonyl (C=O) groups excluding carboxylic acids is 1. The molecule has 2 aromatic rings. The lowest BCUT2D eigenvalue weighted by atomic mass is 10.1. The molecule has 130 valence electrons. The number of rotatable bonds is 9. The van der Waals surface area contributed by atoms with Crippen LogP contribution in [0.3, 0.4) is 0 Å². The first kappa shape index (κ1) is 18.3. The summed E-state index contributed by atoms with van der Waals surface area (Å²) in [6, 6.07) is 12.7. The van der Waals surface area contributed by atoms with Gasteiger partial charge in [0.25, 0.3) is 0 Å². The third-order valence-corrected chi connectivity index (χ3v) is 4.48. The zero-order chi connectivity index (χ0) is 17.4. The Bertz CT molecular complexity index is 645. The maximum Gasteiger partial charge on any atom is 0.222 e. The minimum atomic E-state index is 0.273. The van der Waals surface area contributed by atoms with Crippen molar-refractivity contribution in [1.82, 2.24) is 9.47 Å². The number of benzene rings is 1. The van der Waals surface area contributed by atoms with E-state index < -0.39 is 0 Å². The fourth-order valence-electron chi connectivity index (χ4n) is 2.93. The lowest BCUT2D eigenvalue weighted by Crippen LogP contribution is -2.32. The van der Waals surface area contributed by atoms with Crippen LogP contribution in [-0.4, -0.2) is 21.9 Å². The second-order valence-electron chi connectivity index (χ2n) is 6.47. The largest absolute Gasteiger partial charge is 0.345 e. The zero-order valence-corrected chi connectivity index (χ0v) is 15.3. The van der Waals surface area contributed by atoms with Crippen LogP contribution in [0.4, 0.5) is 0 Å². The fraction of sp³-hybridized carbons (Fsp3) is 0.476. The first-order chi connectivity index (χ1) is 11.7. The maximum absolute atomic E-state index is 12.4. The number of unbranched alkanes of at least 4 members (excludes halogenated alkanes) is 1. The number of nitrogens with zero attached hydrogens (tertiary/aromatic N) is 2. The summed E-state index contributed by atoms with van der Waals surface area (Å²) in [6.07, 6.45) is 5.84. The van der Waals surface area contributed by atoms with E-state index in [1.807, 2.05) is 4.90 Å². The average molecular weight is 326 g/mol. The molecule has 3 nitrogen and oxygen atoms in total. The van der Waals surface area contributed by atoms with Gasteiger partial charge in [0.1, 0.15) is 0 Å². The summed E-state index contributed by atoms with van der Waals surface area (Å²) >= 11 is 0. The van der Waals surface area contributed by atoms with Gasteiger partial charge in [-0.2, -0.15) is 0 Å². The first-order valence-electron chi connectivity index (χ1n) is 9.12. The van der Waals surface area contributed by atoms with E-state index in [1.54, 1.807) is 0 Å². The van der Waals surface area contributed by atoms with E-state index in [1.165, 1.54) is 16.8 Å². The Labute approximate surface area is 146 Å². The molecule has 0 aliphatic heterocycles. The first-order valence-corrected chi connectivity index (χ1v) is 9.12. The Kier molecular flexibility index (Phi) is 7.10. The molecular weight excluding hydrogens is 296 g/mol. The molecule has 1 aromatic carbocycles. The van der Waals surface area contributed by atoms with Crippen molar-refractivity contribution < 1.29 is 4.79 Å². The molecule has 0 atom stereocenters. The van der Waals surface area contributed by atoms with E-state index in [0.717, 1.165) is 32.4 Å². The molecule has 0 aliphatic rings. The lowest BCUT2D eigenvalue weighted by Gasteiger charge is -2.23. The van der Waals surface area contributed by atoms with Crippen molar-refractivity contribution in [1.29, 1.82) is 0 Å². The van der Waals surface area contributed by atoms with Gasteiger partial charge in [-0.1, -0.05) is 44.5 Å². The summed E-state index contributed by atoms with van der Waals surface area (Å²) in [4.78, 5) is 14.4. The van der Waals surface area contributed by atoms with Crippen LogP contribution in [0, 0.1) is 6.92 Å².